The van der Waals surface area contributed by atoms with Crippen LogP contribution in [-0.2, 0) is 21.4 Å². The fourth-order valence-electron chi connectivity index (χ4n) is 2.70. The van der Waals surface area contributed by atoms with Gasteiger partial charge >= 0.3 is 0 Å². The van der Waals surface area contributed by atoms with Crippen molar-refractivity contribution >= 4 is 15.9 Å². The first-order chi connectivity index (χ1) is 12.7. The normalized spacial score (nSPS) is 11.4. The minimum atomic E-state index is -3.79. The molecule has 0 unspecified atom stereocenters. The molecule has 0 aliphatic carbocycles. The van der Waals surface area contributed by atoms with Crippen molar-refractivity contribution in [3.05, 3.63) is 59.7 Å². The molecule has 6 nitrogen and oxygen atoms in total. The minimum absolute atomic E-state index is 0.0505. The fourth-order valence-corrected chi connectivity index (χ4v) is 3.76. The number of hydrogen-bond acceptors (Lipinski definition) is 4. The van der Waals surface area contributed by atoms with E-state index in [1.165, 1.54) is 19.2 Å². The van der Waals surface area contributed by atoms with Crippen LogP contribution in [-0.4, -0.2) is 38.9 Å². The zero-order valence-corrected chi connectivity index (χ0v) is 16.9. The smallest absolute Gasteiger partial charge is 0.241 e. The van der Waals surface area contributed by atoms with E-state index in [0.717, 1.165) is 5.56 Å². The molecule has 1 N–H and O–H groups in total. The second kappa shape index (κ2) is 9.01. The average Bonchev–Trinajstić information content (AvgIpc) is 2.64. The van der Waals surface area contributed by atoms with Gasteiger partial charge in [-0.1, -0.05) is 30.3 Å². The van der Waals surface area contributed by atoms with Crippen molar-refractivity contribution in [1.29, 1.82) is 0 Å². The number of nitrogens with one attached hydrogen (secondary N) is 1. The molecule has 0 radical (unpaired) electrons. The topological polar surface area (TPSA) is 75.7 Å². The third kappa shape index (κ3) is 5.55. The van der Waals surface area contributed by atoms with Gasteiger partial charge in [-0.15, -0.1) is 0 Å². The van der Waals surface area contributed by atoms with Crippen molar-refractivity contribution in [3.8, 4) is 5.75 Å². The number of sulfonamides is 1. The second-order valence-electron chi connectivity index (χ2n) is 6.56. The maximum Gasteiger partial charge on any atom is 0.241 e. The molecule has 2 aromatic rings. The summed E-state index contributed by atoms with van der Waals surface area (Å²) in [6.45, 7) is 5.72. The van der Waals surface area contributed by atoms with Crippen LogP contribution < -0.4 is 9.46 Å². The van der Waals surface area contributed by atoms with Crippen LogP contribution in [0.2, 0.25) is 0 Å². The van der Waals surface area contributed by atoms with E-state index in [1.54, 1.807) is 17.9 Å². The highest BCUT2D eigenvalue weighted by molar-refractivity contribution is 7.89. The summed E-state index contributed by atoms with van der Waals surface area (Å²) in [5.74, 6) is 0.335. The Labute approximate surface area is 161 Å². The number of amides is 1. The molecule has 0 fully saturated rings. The van der Waals surface area contributed by atoms with Crippen LogP contribution in [0.3, 0.4) is 0 Å². The molecule has 7 heteroatoms. The van der Waals surface area contributed by atoms with Crippen molar-refractivity contribution < 1.29 is 17.9 Å². The molecule has 2 aromatic carbocycles. The van der Waals surface area contributed by atoms with Gasteiger partial charge in [-0.2, -0.15) is 0 Å². The average molecular weight is 391 g/mol. The lowest BCUT2D eigenvalue weighted by Gasteiger charge is -2.27. The van der Waals surface area contributed by atoms with E-state index in [0.29, 0.717) is 17.9 Å². The molecule has 146 valence electrons. The van der Waals surface area contributed by atoms with E-state index in [2.05, 4.69) is 4.72 Å². The number of ether oxygens (including phenoxy) is 1. The van der Waals surface area contributed by atoms with Gasteiger partial charge in [0.1, 0.15) is 5.75 Å². The lowest BCUT2D eigenvalue weighted by molar-refractivity contribution is -0.132. The van der Waals surface area contributed by atoms with E-state index >= 15 is 0 Å². The van der Waals surface area contributed by atoms with Gasteiger partial charge in [-0.05, 0) is 50.1 Å². The summed E-state index contributed by atoms with van der Waals surface area (Å²) in [6, 6.07) is 14.1. The van der Waals surface area contributed by atoms with E-state index in [-0.39, 0.29) is 23.4 Å². The highest BCUT2D eigenvalue weighted by Gasteiger charge is 2.21. The zero-order chi connectivity index (χ0) is 20.0. The Hall–Kier alpha value is -2.38. The Kier molecular flexibility index (Phi) is 6.98. The first-order valence-corrected chi connectivity index (χ1v) is 10.2. The number of nitrogens with zero attached hydrogens (tertiary/aromatic N) is 1. The molecule has 0 saturated heterocycles. The molecular weight excluding hydrogens is 364 g/mol. The third-order valence-corrected chi connectivity index (χ3v) is 5.63. The fraction of sp³-hybridized carbons (Fsp3) is 0.350. The van der Waals surface area contributed by atoms with Gasteiger partial charge in [0.25, 0.3) is 0 Å². The van der Waals surface area contributed by atoms with Crippen LogP contribution in [0.4, 0.5) is 0 Å². The quantitative estimate of drug-likeness (QED) is 0.752. The molecule has 1 amide bonds. The predicted molar refractivity (Wildman–Crippen MR) is 105 cm³/mol. The Bertz CT molecular complexity index is 880. The number of benzene rings is 2. The van der Waals surface area contributed by atoms with Crippen molar-refractivity contribution in [2.75, 3.05) is 13.7 Å². The Balaban J connectivity index is 2.08. The molecule has 0 aliphatic heterocycles. The molecule has 0 aromatic heterocycles. The highest BCUT2D eigenvalue weighted by atomic mass is 32.2. The van der Waals surface area contributed by atoms with Gasteiger partial charge in [0.2, 0.25) is 15.9 Å². The van der Waals surface area contributed by atoms with Gasteiger partial charge in [-0.25, -0.2) is 13.1 Å². The summed E-state index contributed by atoms with van der Waals surface area (Å²) < 4.78 is 32.6. The van der Waals surface area contributed by atoms with Crippen LogP contribution in [0.5, 0.6) is 5.75 Å². The first-order valence-electron chi connectivity index (χ1n) is 8.72. The van der Waals surface area contributed by atoms with Gasteiger partial charge in [0, 0.05) is 12.6 Å². The molecule has 0 saturated carbocycles. The number of methoxy groups -OCH3 is 1. The monoisotopic (exact) mass is 390 g/mol. The van der Waals surface area contributed by atoms with Gasteiger partial charge in [-0.3, -0.25) is 4.79 Å². The van der Waals surface area contributed by atoms with E-state index in [1.807, 2.05) is 44.2 Å². The Morgan fingerprint density at radius 3 is 2.37 bits per heavy atom. The molecule has 0 aliphatic rings. The molecule has 2 rings (SSSR count). The van der Waals surface area contributed by atoms with Crippen LogP contribution in [0.25, 0.3) is 0 Å². The lowest BCUT2D eigenvalue weighted by Crippen LogP contribution is -2.43. The molecular formula is C20H26N2O4S. The van der Waals surface area contributed by atoms with Crippen LogP contribution in [0.1, 0.15) is 25.0 Å². The lowest BCUT2D eigenvalue weighted by atomic mass is 10.2. The maximum absolute atomic E-state index is 12.6. The number of carbonyl (C=O) groups is 1. The zero-order valence-electron chi connectivity index (χ0n) is 16.1. The number of aryl methyl sites for hydroxylation is 1. The molecule has 0 bridgehead atoms. The van der Waals surface area contributed by atoms with Crippen LogP contribution in [0, 0.1) is 6.92 Å². The largest absolute Gasteiger partial charge is 0.496 e. The van der Waals surface area contributed by atoms with Crippen molar-refractivity contribution in [2.45, 2.75) is 38.3 Å². The van der Waals surface area contributed by atoms with Gasteiger partial charge in [0.05, 0.1) is 18.6 Å². The molecule has 0 spiro atoms. The highest BCUT2D eigenvalue weighted by Crippen LogP contribution is 2.21. The molecule has 27 heavy (non-hydrogen) atoms. The van der Waals surface area contributed by atoms with Crippen molar-refractivity contribution in [2.24, 2.45) is 0 Å². The van der Waals surface area contributed by atoms with E-state index in [9.17, 15) is 13.2 Å². The van der Waals surface area contributed by atoms with Crippen LogP contribution >= 0.6 is 0 Å². The second-order valence-corrected chi connectivity index (χ2v) is 8.32. The summed E-state index contributed by atoms with van der Waals surface area (Å²) in [4.78, 5) is 14.4. The van der Waals surface area contributed by atoms with E-state index < -0.39 is 10.0 Å². The summed E-state index contributed by atoms with van der Waals surface area (Å²) in [7, 11) is -2.26. The first kappa shape index (κ1) is 20.9. The summed E-state index contributed by atoms with van der Waals surface area (Å²) in [5, 5.41) is 0. The van der Waals surface area contributed by atoms with Gasteiger partial charge in [0.15, 0.2) is 0 Å². The SMILES string of the molecule is COc1ccc(S(=O)(=O)NCC(=O)N(Cc2ccccc2)C(C)C)cc1C. The summed E-state index contributed by atoms with van der Waals surface area (Å²) in [5.41, 5.74) is 1.70. The van der Waals surface area contributed by atoms with Crippen molar-refractivity contribution in [1.82, 2.24) is 9.62 Å². The predicted octanol–water partition coefficient (Wildman–Crippen LogP) is 2.72. The summed E-state index contributed by atoms with van der Waals surface area (Å²) in [6.07, 6.45) is 0. The number of rotatable bonds is 8. The standard InChI is InChI=1S/C20H26N2O4S/c1-15(2)22(14-17-8-6-5-7-9-17)20(23)13-21-27(24,25)18-10-11-19(26-4)16(3)12-18/h5-12,15,21H,13-14H2,1-4H3. The molecule has 0 heterocycles. The van der Waals surface area contributed by atoms with Crippen molar-refractivity contribution in [3.63, 3.8) is 0 Å². The molecule has 0 atom stereocenters. The Morgan fingerprint density at radius 1 is 1.15 bits per heavy atom. The number of hydrogen-bond donors (Lipinski definition) is 1. The van der Waals surface area contributed by atoms with E-state index in [4.69, 9.17) is 4.74 Å². The Morgan fingerprint density at radius 2 is 1.81 bits per heavy atom. The van der Waals surface area contributed by atoms with Crippen LogP contribution in [0.15, 0.2) is 53.4 Å². The summed E-state index contributed by atoms with van der Waals surface area (Å²) >= 11 is 0. The number of carbonyl (C=O) groups excluding carboxylic acids is 1. The minimum Gasteiger partial charge on any atom is -0.496 e. The third-order valence-electron chi connectivity index (χ3n) is 4.23. The maximum atomic E-state index is 12.6. The van der Waals surface area contributed by atoms with Gasteiger partial charge < -0.3 is 9.64 Å².